The summed E-state index contributed by atoms with van der Waals surface area (Å²) in [5, 5.41) is 8.82. The number of hydrogen-bond acceptors (Lipinski definition) is 4. The minimum Gasteiger partial charge on any atom is -0.396 e. The van der Waals surface area contributed by atoms with Crippen molar-refractivity contribution in [3.63, 3.8) is 0 Å². The van der Waals surface area contributed by atoms with E-state index in [2.05, 4.69) is 0 Å². The molecule has 80 valence electrons. The molecule has 1 atom stereocenters. The van der Waals surface area contributed by atoms with Gasteiger partial charge in [0.2, 0.25) is 11.8 Å². The molecule has 0 bridgehead atoms. The maximum atomic E-state index is 11.5. The van der Waals surface area contributed by atoms with Crippen LogP contribution in [-0.4, -0.2) is 46.0 Å². The molecule has 1 aliphatic heterocycles. The second kappa shape index (κ2) is 5.36. The van der Waals surface area contributed by atoms with Gasteiger partial charge in [0.25, 0.3) is 0 Å². The van der Waals surface area contributed by atoms with Gasteiger partial charge in [-0.2, -0.15) is 0 Å². The number of carbonyl (C=O) groups is 2. The average molecular weight is 217 g/mol. The number of carbonyl (C=O) groups excluding carboxylic acids is 2. The lowest BCUT2D eigenvalue weighted by Gasteiger charge is -2.31. The van der Waals surface area contributed by atoms with Gasteiger partial charge in [0.1, 0.15) is 0 Å². The van der Waals surface area contributed by atoms with E-state index in [-0.39, 0.29) is 24.5 Å². The van der Waals surface area contributed by atoms with Crippen LogP contribution < -0.4 is 0 Å². The van der Waals surface area contributed by atoms with Crippen molar-refractivity contribution in [2.75, 3.05) is 18.1 Å². The summed E-state index contributed by atoms with van der Waals surface area (Å²) in [5.41, 5.74) is 0. The Bertz CT molecular complexity index is 216. The number of imide groups is 1. The van der Waals surface area contributed by atoms with Gasteiger partial charge in [-0.3, -0.25) is 14.5 Å². The number of hydrogen-bond donors (Lipinski definition) is 1. The van der Waals surface area contributed by atoms with Gasteiger partial charge in [0.15, 0.2) is 0 Å². The fourth-order valence-electron chi connectivity index (χ4n) is 1.58. The summed E-state index contributed by atoms with van der Waals surface area (Å²) in [6, 6.07) is -0.124. The van der Waals surface area contributed by atoms with Crippen molar-refractivity contribution in [3.05, 3.63) is 0 Å². The molecule has 1 unspecified atom stereocenters. The molecule has 0 saturated carbocycles. The number of aliphatic hydroxyl groups excluding tert-OH is 1. The molecular weight excluding hydrogens is 202 g/mol. The second-order valence-corrected chi connectivity index (χ2v) is 4.21. The largest absolute Gasteiger partial charge is 0.396 e. The SMILES string of the molecule is CCC(CCO)N1C(=O)CSCC1=O. The fraction of sp³-hybridized carbons (Fsp3) is 0.778. The highest BCUT2D eigenvalue weighted by Crippen LogP contribution is 2.18. The van der Waals surface area contributed by atoms with E-state index < -0.39 is 0 Å². The van der Waals surface area contributed by atoms with Crippen LogP contribution in [0.4, 0.5) is 0 Å². The van der Waals surface area contributed by atoms with Gasteiger partial charge in [0, 0.05) is 12.6 Å². The molecule has 1 heterocycles. The summed E-state index contributed by atoms with van der Waals surface area (Å²) < 4.78 is 0. The molecule has 1 N–H and O–H groups in total. The zero-order chi connectivity index (χ0) is 10.6. The molecule has 0 aliphatic carbocycles. The third kappa shape index (κ3) is 2.48. The lowest BCUT2D eigenvalue weighted by molar-refractivity contribution is -0.145. The maximum absolute atomic E-state index is 11.5. The van der Waals surface area contributed by atoms with Crippen molar-refractivity contribution in [1.29, 1.82) is 0 Å². The van der Waals surface area contributed by atoms with Gasteiger partial charge in [-0.1, -0.05) is 6.92 Å². The third-order valence-corrected chi connectivity index (χ3v) is 3.19. The summed E-state index contributed by atoms with van der Waals surface area (Å²) in [5.74, 6) is 0.527. The molecule has 0 radical (unpaired) electrons. The molecule has 1 saturated heterocycles. The first-order chi connectivity index (χ1) is 6.70. The molecule has 1 fully saturated rings. The normalized spacial score (nSPS) is 20.0. The van der Waals surface area contributed by atoms with Gasteiger partial charge in [-0.25, -0.2) is 0 Å². The molecule has 14 heavy (non-hydrogen) atoms. The summed E-state index contributed by atoms with van der Waals surface area (Å²) in [6.07, 6.45) is 1.20. The predicted molar refractivity (Wildman–Crippen MR) is 55.0 cm³/mol. The predicted octanol–water partition coefficient (Wildman–Crippen LogP) is 0.249. The summed E-state index contributed by atoms with van der Waals surface area (Å²) >= 11 is 1.36. The number of aliphatic hydroxyl groups is 1. The maximum Gasteiger partial charge on any atom is 0.239 e. The fourth-order valence-corrected chi connectivity index (χ4v) is 2.31. The smallest absolute Gasteiger partial charge is 0.239 e. The second-order valence-electron chi connectivity index (χ2n) is 3.22. The number of amides is 2. The number of nitrogens with zero attached hydrogens (tertiary/aromatic N) is 1. The van der Waals surface area contributed by atoms with Crippen LogP contribution in [0.25, 0.3) is 0 Å². The van der Waals surface area contributed by atoms with Gasteiger partial charge < -0.3 is 5.11 Å². The molecule has 2 amide bonds. The average Bonchev–Trinajstić information content (AvgIpc) is 2.16. The highest BCUT2D eigenvalue weighted by molar-refractivity contribution is 8.00. The molecule has 0 spiro atoms. The van der Waals surface area contributed by atoms with Crippen molar-refractivity contribution < 1.29 is 14.7 Å². The molecule has 0 aromatic rings. The quantitative estimate of drug-likeness (QED) is 0.686. The Kier molecular flexibility index (Phi) is 4.41. The molecule has 1 aliphatic rings. The molecule has 5 heteroatoms. The Hall–Kier alpha value is -0.550. The minimum absolute atomic E-state index is 0.0166. The zero-order valence-corrected chi connectivity index (χ0v) is 9.05. The van der Waals surface area contributed by atoms with E-state index >= 15 is 0 Å². The highest BCUT2D eigenvalue weighted by atomic mass is 32.2. The van der Waals surface area contributed by atoms with E-state index in [1.54, 1.807) is 0 Å². The Morgan fingerprint density at radius 2 is 2.00 bits per heavy atom. The number of rotatable bonds is 4. The van der Waals surface area contributed by atoms with Crippen molar-refractivity contribution in [3.8, 4) is 0 Å². The summed E-state index contributed by atoms with van der Waals surface area (Å²) in [6.45, 7) is 1.94. The molecule has 0 aromatic carbocycles. The summed E-state index contributed by atoms with van der Waals surface area (Å²) in [4.78, 5) is 24.3. The molecule has 0 aromatic heterocycles. The molecule has 4 nitrogen and oxygen atoms in total. The van der Waals surface area contributed by atoms with Gasteiger partial charge in [-0.15, -0.1) is 11.8 Å². The van der Waals surface area contributed by atoms with Crippen LogP contribution in [0.15, 0.2) is 0 Å². The minimum atomic E-state index is -0.124. The van der Waals surface area contributed by atoms with Crippen LogP contribution >= 0.6 is 11.8 Å². The summed E-state index contributed by atoms with van der Waals surface area (Å²) in [7, 11) is 0. The standard InChI is InChI=1S/C9H15NO3S/c1-2-7(3-4-11)10-8(12)5-14-6-9(10)13/h7,11H,2-6H2,1H3. The number of thioether (sulfide) groups is 1. The van der Waals surface area contributed by atoms with Crippen LogP contribution in [0.3, 0.4) is 0 Å². The van der Waals surface area contributed by atoms with Crippen molar-refractivity contribution in [2.45, 2.75) is 25.8 Å². The van der Waals surface area contributed by atoms with Crippen molar-refractivity contribution in [2.24, 2.45) is 0 Å². The van der Waals surface area contributed by atoms with E-state index in [1.165, 1.54) is 16.7 Å². The van der Waals surface area contributed by atoms with Crippen LogP contribution in [0.2, 0.25) is 0 Å². The topological polar surface area (TPSA) is 57.6 Å². The van der Waals surface area contributed by atoms with Crippen LogP contribution in [0.5, 0.6) is 0 Å². The van der Waals surface area contributed by atoms with Crippen molar-refractivity contribution >= 4 is 23.6 Å². The monoisotopic (exact) mass is 217 g/mol. The van der Waals surface area contributed by atoms with Crippen LogP contribution in [0, 0.1) is 0 Å². The lowest BCUT2D eigenvalue weighted by atomic mass is 10.1. The molecular formula is C9H15NO3S. The zero-order valence-electron chi connectivity index (χ0n) is 8.23. The van der Waals surface area contributed by atoms with Crippen LogP contribution in [-0.2, 0) is 9.59 Å². The van der Waals surface area contributed by atoms with E-state index in [0.717, 1.165) is 0 Å². The van der Waals surface area contributed by atoms with Crippen molar-refractivity contribution in [1.82, 2.24) is 4.90 Å². The first-order valence-electron chi connectivity index (χ1n) is 4.74. The van der Waals surface area contributed by atoms with E-state index in [4.69, 9.17) is 5.11 Å². The van der Waals surface area contributed by atoms with E-state index in [0.29, 0.717) is 24.3 Å². The first-order valence-corrected chi connectivity index (χ1v) is 5.89. The lowest BCUT2D eigenvalue weighted by Crippen LogP contribution is -2.49. The Morgan fingerprint density at radius 3 is 2.43 bits per heavy atom. The first kappa shape index (κ1) is 11.5. The Labute approximate surface area is 87.7 Å². The van der Waals surface area contributed by atoms with E-state index in [1.807, 2.05) is 6.92 Å². The third-order valence-electron chi connectivity index (χ3n) is 2.29. The molecule has 1 rings (SSSR count). The van der Waals surface area contributed by atoms with Gasteiger partial charge in [0.05, 0.1) is 11.5 Å². The van der Waals surface area contributed by atoms with Crippen LogP contribution in [0.1, 0.15) is 19.8 Å². The highest BCUT2D eigenvalue weighted by Gasteiger charge is 2.31. The van der Waals surface area contributed by atoms with E-state index in [9.17, 15) is 9.59 Å². The Morgan fingerprint density at radius 1 is 1.43 bits per heavy atom. The Balaban J connectivity index is 2.69. The van der Waals surface area contributed by atoms with Gasteiger partial charge >= 0.3 is 0 Å². The van der Waals surface area contributed by atoms with Gasteiger partial charge in [-0.05, 0) is 12.8 Å².